The number of non-ortho nitro benzene ring substituents is 1. The molecule has 1 aromatic rings. The Morgan fingerprint density at radius 3 is 2.65 bits per heavy atom. The fourth-order valence-electron chi connectivity index (χ4n) is 1.79. The Hall–Kier alpha value is -1.63. The van der Waals surface area contributed by atoms with Crippen molar-refractivity contribution in [3.63, 3.8) is 0 Å². The van der Waals surface area contributed by atoms with Crippen LogP contribution < -0.4 is 5.32 Å². The first-order valence-electron chi connectivity index (χ1n) is 6.34. The summed E-state index contributed by atoms with van der Waals surface area (Å²) >= 11 is 0. The third-order valence-electron chi connectivity index (χ3n) is 2.92. The van der Waals surface area contributed by atoms with E-state index >= 15 is 0 Å². The predicted molar refractivity (Wildman–Crippen MR) is 69.4 cm³/mol. The van der Waals surface area contributed by atoms with Crippen LogP contribution in [0.2, 0.25) is 0 Å². The van der Waals surface area contributed by atoms with Crippen LogP contribution in [-0.2, 0) is 0 Å². The van der Waals surface area contributed by atoms with E-state index < -0.39 is 17.5 Å². The fourth-order valence-corrected chi connectivity index (χ4v) is 1.79. The molecule has 0 aliphatic rings. The summed E-state index contributed by atoms with van der Waals surface area (Å²) < 4.78 is 35.8. The topological polar surface area (TPSA) is 55.2 Å². The van der Waals surface area contributed by atoms with Gasteiger partial charge in [-0.2, -0.15) is 13.2 Å². The Morgan fingerprint density at radius 2 is 2.05 bits per heavy atom. The highest BCUT2D eigenvalue weighted by molar-refractivity contribution is 5.35. The van der Waals surface area contributed by atoms with Crippen molar-refractivity contribution in [1.82, 2.24) is 5.32 Å². The molecule has 1 N–H and O–H groups in total. The molecule has 4 nitrogen and oxygen atoms in total. The van der Waals surface area contributed by atoms with Crippen molar-refractivity contribution in [1.29, 1.82) is 0 Å². The summed E-state index contributed by atoms with van der Waals surface area (Å²) in [4.78, 5) is 10.2. The van der Waals surface area contributed by atoms with Gasteiger partial charge in [-0.15, -0.1) is 0 Å². The largest absolute Gasteiger partial charge is 0.389 e. The number of halogens is 3. The average Bonchev–Trinajstić information content (AvgIpc) is 2.37. The fraction of sp³-hybridized carbons (Fsp3) is 0.538. The molecule has 20 heavy (non-hydrogen) atoms. The summed E-state index contributed by atoms with van der Waals surface area (Å²) in [7, 11) is 0. The molecule has 0 saturated carbocycles. The van der Waals surface area contributed by atoms with Gasteiger partial charge in [0.1, 0.15) is 0 Å². The second-order valence-corrected chi connectivity index (χ2v) is 4.60. The summed E-state index contributed by atoms with van der Waals surface area (Å²) in [5.74, 6) is 0. The molecule has 0 fully saturated rings. The highest BCUT2D eigenvalue weighted by Gasteiger charge is 2.25. The van der Waals surface area contributed by atoms with Crippen LogP contribution in [0.1, 0.15) is 37.8 Å². The van der Waals surface area contributed by atoms with Crippen LogP contribution in [0.4, 0.5) is 18.9 Å². The molecule has 1 atom stereocenters. The van der Waals surface area contributed by atoms with Gasteiger partial charge in [0.2, 0.25) is 0 Å². The van der Waals surface area contributed by atoms with Crippen molar-refractivity contribution >= 4 is 5.69 Å². The molecule has 0 aromatic heterocycles. The van der Waals surface area contributed by atoms with E-state index in [9.17, 15) is 23.3 Å². The van der Waals surface area contributed by atoms with Crippen LogP contribution in [-0.4, -0.2) is 17.6 Å². The molecule has 0 amide bonds. The number of nitro benzene ring substituents is 1. The molecule has 1 rings (SSSR count). The maximum absolute atomic E-state index is 11.9. The van der Waals surface area contributed by atoms with E-state index in [1.807, 2.05) is 6.92 Å². The molecule has 7 heteroatoms. The van der Waals surface area contributed by atoms with Gasteiger partial charge in [0.15, 0.2) is 0 Å². The number of unbranched alkanes of at least 4 members (excludes halogenated alkanes) is 1. The van der Waals surface area contributed by atoms with E-state index in [1.54, 1.807) is 12.1 Å². The van der Waals surface area contributed by atoms with Gasteiger partial charge in [-0.1, -0.05) is 12.1 Å². The molecule has 1 unspecified atom stereocenters. The third-order valence-corrected chi connectivity index (χ3v) is 2.92. The number of hydrogen-bond donors (Lipinski definition) is 1. The van der Waals surface area contributed by atoms with Gasteiger partial charge < -0.3 is 5.32 Å². The lowest BCUT2D eigenvalue weighted by atomic mass is 10.1. The van der Waals surface area contributed by atoms with Crippen molar-refractivity contribution in [2.75, 3.05) is 6.54 Å². The molecule has 0 spiro atoms. The standard InChI is InChI=1S/C13H17F3N2O2/c1-10(17-8-3-2-7-13(14,15)16)11-5-4-6-12(9-11)18(19)20/h4-6,9-10,17H,2-3,7-8H2,1H3. The smallest absolute Gasteiger partial charge is 0.310 e. The lowest BCUT2D eigenvalue weighted by molar-refractivity contribution is -0.384. The van der Waals surface area contributed by atoms with E-state index in [0.717, 1.165) is 5.56 Å². The zero-order valence-corrected chi connectivity index (χ0v) is 11.1. The van der Waals surface area contributed by atoms with Gasteiger partial charge in [0.25, 0.3) is 5.69 Å². The second-order valence-electron chi connectivity index (χ2n) is 4.60. The highest BCUT2D eigenvalue weighted by atomic mass is 19.4. The molecule has 0 heterocycles. The van der Waals surface area contributed by atoms with E-state index in [1.165, 1.54) is 12.1 Å². The van der Waals surface area contributed by atoms with Gasteiger partial charge in [0, 0.05) is 24.6 Å². The van der Waals surface area contributed by atoms with Crippen LogP contribution in [0.25, 0.3) is 0 Å². The van der Waals surface area contributed by atoms with Gasteiger partial charge >= 0.3 is 6.18 Å². The number of alkyl halides is 3. The van der Waals surface area contributed by atoms with Crippen LogP contribution in [0, 0.1) is 10.1 Å². The molecule has 0 radical (unpaired) electrons. The van der Waals surface area contributed by atoms with Crippen molar-refractivity contribution in [3.05, 3.63) is 39.9 Å². The van der Waals surface area contributed by atoms with Crippen molar-refractivity contribution in [2.45, 2.75) is 38.4 Å². The highest BCUT2D eigenvalue weighted by Crippen LogP contribution is 2.22. The molecule has 112 valence electrons. The minimum Gasteiger partial charge on any atom is -0.310 e. The maximum atomic E-state index is 11.9. The Bertz CT molecular complexity index is 449. The first-order chi connectivity index (χ1) is 9.29. The molecular weight excluding hydrogens is 273 g/mol. The summed E-state index contributed by atoms with van der Waals surface area (Å²) in [5.41, 5.74) is 0.753. The van der Waals surface area contributed by atoms with Crippen molar-refractivity contribution < 1.29 is 18.1 Å². The Balaban J connectivity index is 2.37. The number of nitrogens with one attached hydrogen (secondary N) is 1. The minimum absolute atomic E-state index is 0.00761. The van der Waals surface area contributed by atoms with Gasteiger partial charge in [-0.25, -0.2) is 0 Å². The number of nitrogens with zero attached hydrogens (tertiary/aromatic N) is 1. The quantitative estimate of drug-likeness (QED) is 0.469. The maximum Gasteiger partial charge on any atom is 0.389 e. The Kier molecular flexibility index (Phi) is 5.94. The van der Waals surface area contributed by atoms with E-state index in [0.29, 0.717) is 13.0 Å². The normalized spacial score (nSPS) is 13.2. The Labute approximate surface area is 115 Å². The molecular formula is C13H17F3N2O2. The third kappa shape index (κ3) is 6.01. The molecule has 1 aromatic carbocycles. The first kappa shape index (κ1) is 16.4. The SMILES string of the molecule is CC(NCCCCC(F)(F)F)c1cccc([N+](=O)[O-])c1. The average molecular weight is 290 g/mol. The first-order valence-corrected chi connectivity index (χ1v) is 6.34. The van der Waals surface area contributed by atoms with Crippen LogP contribution in [0.15, 0.2) is 24.3 Å². The second kappa shape index (κ2) is 7.23. The number of nitro groups is 1. The summed E-state index contributed by atoms with van der Waals surface area (Å²) in [6.07, 6.45) is -4.39. The minimum atomic E-state index is -4.11. The number of benzene rings is 1. The van der Waals surface area contributed by atoms with E-state index in [-0.39, 0.29) is 18.2 Å². The summed E-state index contributed by atoms with van der Waals surface area (Å²) in [6.45, 7) is 2.27. The van der Waals surface area contributed by atoms with Gasteiger partial charge in [-0.3, -0.25) is 10.1 Å². The van der Waals surface area contributed by atoms with Crippen molar-refractivity contribution in [3.8, 4) is 0 Å². The predicted octanol–water partition coefficient (Wildman–Crippen LogP) is 3.98. The Morgan fingerprint density at radius 1 is 1.35 bits per heavy atom. The number of rotatable bonds is 7. The van der Waals surface area contributed by atoms with Gasteiger partial charge in [0.05, 0.1) is 4.92 Å². The van der Waals surface area contributed by atoms with Crippen LogP contribution >= 0.6 is 0 Å². The van der Waals surface area contributed by atoms with Gasteiger partial charge in [-0.05, 0) is 31.9 Å². The zero-order chi connectivity index (χ0) is 15.2. The van der Waals surface area contributed by atoms with Crippen LogP contribution in [0.3, 0.4) is 0 Å². The van der Waals surface area contributed by atoms with Crippen LogP contribution in [0.5, 0.6) is 0 Å². The number of hydrogen-bond acceptors (Lipinski definition) is 3. The van der Waals surface area contributed by atoms with Crippen molar-refractivity contribution in [2.24, 2.45) is 0 Å². The lowest BCUT2D eigenvalue weighted by Crippen LogP contribution is -2.20. The van der Waals surface area contributed by atoms with E-state index in [2.05, 4.69) is 5.32 Å². The monoisotopic (exact) mass is 290 g/mol. The molecule has 0 bridgehead atoms. The molecule has 0 saturated heterocycles. The molecule has 0 aliphatic heterocycles. The van der Waals surface area contributed by atoms with E-state index in [4.69, 9.17) is 0 Å². The summed E-state index contributed by atoms with van der Waals surface area (Å²) in [5, 5.41) is 13.7. The lowest BCUT2D eigenvalue weighted by Gasteiger charge is -2.14. The summed E-state index contributed by atoms with van der Waals surface area (Å²) in [6, 6.07) is 6.07. The molecule has 0 aliphatic carbocycles. The zero-order valence-electron chi connectivity index (χ0n) is 11.1.